The maximum absolute atomic E-state index is 5.83. The molecule has 5 heteroatoms. The van der Waals surface area contributed by atoms with E-state index in [2.05, 4.69) is 9.97 Å². The first kappa shape index (κ1) is 11.2. The first-order valence-electron chi connectivity index (χ1n) is 5.09. The number of ether oxygens (including phenoxy) is 2. The SMILES string of the molecule is COc1ccc(Oc2cc(C)ncn2)c(N)c1. The molecule has 0 aliphatic carbocycles. The van der Waals surface area contributed by atoms with Gasteiger partial charge in [0.2, 0.25) is 5.88 Å². The molecular formula is C12H13N3O2. The zero-order valence-electron chi connectivity index (χ0n) is 9.68. The van der Waals surface area contributed by atoms with Crippen molar-refractivity contribution in [1.29, 1.82) is 0 Å². The second kappa shape index (κ2) is 4.69. The lowest BCUT2D eigenvalue weighted by Gasteiger charge is -2.08. The van der Waals surface area contributed by atoms with Crippen LogP contribution in [0.1, 0.15) is 5.69 Å². The third kappa shape index (κ3) is 2.63. The quantitative estimate of drug-likeness (QED) is 0.820. The Morgan fingerprint density at radius 2 is 2.00 bits per heavy atom. The molecule has 0 unspecified atom stereocenters. The number of aromatic nitrogens is 2. The number of nitrogens with zero attached hydrogens (tertiary/aromatic N) is 2. The lowest BCUT2D eigenvalue weighted by atomic mass is 10.3. The van der Waals surface area contributed by atoms with E-state index < -0.39 is 0 Å². The monoisotopic (exact) mass is 231 g/mol. The third-order valence-electron chi connectivity index (χ3n) is 2.21. The maximum atomic E-state index is 5.83. The van der Waals surface area contributed by atoms with E-state index in [-0.39, 0.29) is 0 Å². The van der Waals surface area contributed by atoms with Crippen LogP contribution in [-0.2, 0) is 0 Å². The Morgan fingerprint density at radius 3 is 2.65 bits per heavy atom. The van der Waals surface area contributed by atoms with Crippen molar-refractivity contribution < 1.29 is 9.47 Å². The van der Waals surface area contributed by atoms with Crippen LogP contribution < -0.4 is 15.2 Å². The summed E-state index contributed by atoms with van der Waals surface area (Å²) in [5.74, 6) is 1.70. The number of aryl methyl sites for hydroxylation is 1. The predicted octanol–water partition coefficient (Wildman–Crippen LogP) is 2.17. The van der Waals surface area contributed by atoms with E-state index in [0.29, 0.717) is 23.1 Å². The van der Waals surface area contributed by atoms with E-state index in [1.807, 2.05) is 6.92 Å². The maximum Gasteiger partial charge on any atom is 0.222 e. The molecule has 0 atom stereocenters. The first-order valence-corrected chi connectivity index (χ1v) is 5.09. The number of rotatable bonds is 3. The van der Waals surface area contributed by atoms with Gasteiger partial charge in [0.25, 0.3) is 0 Å². The van der Waals surface area contributed by atoms with E-state index in [9.17, 15) is 0 Å². The van der Waals surface area contributed by atoms with Gasteiger partial charge in [-0.25, -0.2) is 9.97 Å². The molecule has 2 rings (SSSR count). The summed E-state index contributed by atoms with van der Waals surface area (Å²) in [6, 6.07) is 6.96. The van der Waals surface area contributed by atoms with Gasteiger partial charge < -0.3 is 15.2 Å². The fourth-order valence-corrected chi connectivity index (χ4v) is 1.35. The van der Waals surface area contributed by atoms with Gasteiger partial charge in [0.1, 0.15) is 12.1 Å². The summed E-state index contributed by atoms with van der Waals surface area (Å²) in [5.41, 5.74) is 7.17. The van der Waals surface area contributed by atoms with Gasteiger partial charge in [0.15, 0.2) is 5.75 Å². The van der Waals surface area contributed by atoms with Crippen molar-refractivity contribution in [1.82, 2.24) is 9.97 Å². The number of benzene rings is 1. The molecular weight excluding hydrogens is 218 g/mol. The van der Waals surface area contributed by atoms with Gasteiger partial charge in [-0.1, -0.05) is 0 Å². The molecule has 0 aliphatic rings. The summed E-state index contributed by atoms with van der Waals surface area (Å²) >= 11 is 0. The van der Waals surface area contributed by atoms with Crippen LogP contribution in [0.2, 0.25) is 0 Å². The van der Waals surface area contributed by atoms with Crippen molar-refractivity contribution in [2.75, 3.05) is 12.8 Å². The highest BCUT2D eigenvalue weighted by Crippen LogP contribution is 2.29. The summed E-state index contributed by atoms with van der Waals surface area (Å²) in [4.78, 5) is 7.99. The van der Waals surface area contributed by atoms with Crippen molar-refractivity contribution in [3.63, 3.8) is 0 Å². The van der Waals surface area contributed by atoms with Crippen LogP contribution in [0.5, 0.6) is 17.4 Å². The van der Waals surface area contributed by atoms with Gasteiger partial charge in [0.05, 0.1) is 12.8 Å². The number of hydrogen-bond acceptors (Lipinski definition) is 5. The van der Waals surface area contributed by atoms with Crippen LogP contribution in [0.3, 0.4) is 0 Å². The molecule has 0 saturated heterocycles. The van der Waals surface area contributed by atoms with E-state index in [1.165, 1.54) is 6.33 Å². The molecule has 1 aromatic carbocycles. The van der Waals surface area contributed by atoms with Crippen LogP contribution in [0, 0.1) is 6.92 Å². The average molecular weight is 231 g/mol. The normalized spacial score (nSPS) is 10.0. The van der Waals surface area contributed by atoms with E-state index in [1.54, 1.807) is 31.4 Å². The summed E-state index contributed by atoms with van der Waals surface area (Å²) in [7, 11) is 1.59. The van der Waals surface area contributed by atoms with Crippen molar-refractivity contribution in [3.8, 4) is 17.4 Å². The molecule has 0 spiro atoms. The Bertz CT molecular complexity index is 529. The Hall–Kier alpha value is -2.30. The molecule has 17 heavy (non-hydrogen) atoms. The van der Waals surface area contributed by atoms with Crippen LogP contribution in [0.25, 0.3) is 0 Å². The Balaban J connectivity index is 2.24. The number of nitrogen functional groups attached to an aromatic ring is 1. The summed E-state index contributed by atoms with van der Waals surface area (Å²) in [6.07, 6.45) is 1.45. The molecule has 2 aromatic rings. The minimum Gasteiger partial charge on any atom is -0.497 e. The van der Waals surface area contributed by atoms with Crippen molar-refractivity contribution >= 4 is 5.69 Å². The largest absolute Gasteiger partial charge is 0.497 e. The summed E-state index contributed by atoms with van der Waals surface area (Å²) < 4.78 is 10.6. The van der Waals surface area contributed by atoms with Crippen LogP contribution in [-0.4, -0.2) is 17.1 Å². The lowest BCUT2D eigenvalue weighted by molar-refractivity contribution is 0.412. The van der Waals surface area contributed by atoms with Crippen LogP contribution in [0.15, 0.2) is 30.6 Å². The average Bonchev–Trinajstić information content (AvgIpc) is 2.32. The summed E-state index contributed by atoms with van der Waals surface area (Å²) in [5, 5.41) is 0. The topological polar surface area (TPSA) is 70.3 Å². The minimum absolute atomic E-state index is 0.467. The van der Waals surface area contributed by atoms with Crippen molar-refractivity contribution in [3.05, 3.63) is 36.3 Å². The highest BCUT2D eigenvalue weighted by molar-refractivity contribution is 5.57. The standard InChI is InChI=1S/C12H13N3O2/c1-8-5-12(15-7-14-8)17-11-4-3-9(16-2)6-10(11)13/h3-7H,13H2,1-2H3. The first-order chi connectivity index (χ1) is 8.19. The fourth-order valence-electron chi connectivity index (χ4n) is 1.35. The highest BCUT2D eigenvalue weighted by atomic mass is 16.5. The van der Waals surface area contributed by atoms with Crippen molar-refractivity contribution in [2.24, 2.45) is 0 Å². The molecule has 0 bridgehead atoms. The van der Waals surface area contributed by atoms with Crippen LogP contribution >= 0.6 is 0 Å². The Morgan fingerprint density at radius 1 is 1.18 bits per heavy atom. The Labute approximate surface area is 99.2 Å². The third-order valence-corrected chi connectivity index (χ3v) is 2.21. The van der Waals surface area contributed by atoms with E-state index in [0.717, 1.165) is 5.69 Å². The van der Waals surface area contributed by atoms with E-state index >= 15 is 0 Å². The van der Waals surface area contributed by atoms with Gasteiger partial charge in [-0.05, 0) is 19.1 Å². The summed E-state index contributed by atoms with van der Waals surface area (Å²) in [6.45, 7) is 1.87. The van der Waals surface area contributed by atoms with Gasteiger partial charge in [-0.15, -0.1) is 0 Å². The minimum atomic E-state index is 0.467. The number of hydrogen-bond donors (Lipinski definition) is 1. The zero-order chi connectivity index (χ0) is 12.3. The van der Waals surface area contributed by atoms with Gasteiger partial charge in [-0.2, -0.15) is 0 Å². The number of anilines is 1. The molecule has 1 heterocycles. The molecule has 0 aliphatic heterocycles. The number of nitrogens with two attached hydrogens (primary N) is 1. The van der Waals surface area contributed by atoms with E-state index in [4.69, 9.17) is 15.2 Å². The molecule has 0 fully saturated rings. The smallest absolute Gasteiger partial charge is 0.222 e. The van der Waals surface area contributed by atoms with Gasteiger partial charge in [0, 0.05) is 17.8 Å². The van der Waals surface area contributed by atoms with Gasteiger partial charge >= 0.3 is 0 Å². The lowest BCUT2D eigenvalue weighted by Crippen LogP contribution is -1.95. The zero-order valence-corrected chi connectivity index (χ0v) is 9.68. The van der Waals surface area contributed by atoms with Crippen molar-refractivity contribution in [2.45, 2.75) is 6.92 Å². The Kier molecular flexibility index (Phi) is 3.09. The van der Waals surface area contributed by atoms with Crippen LogP contribution in [0.4, 0.5) is 5.69 Å². The molecule has 5 nitrogen and oxygen atoms in total. The fraction of sp³-hybridized carbons (Fsp3) is 0.167. The molecule has 0 saturated carbocycles. The van der Waals surface area contributed by atoms with Gasteiger partial charge in [-0.3, -0.25) is 0 Å². The number of methoxy groups -OCH3 is 1. The molecule has 88 valence electrons. The molecule has 0 radical (unpaired) electrons. The molecule has 0 amide bonds. The highest BCUT2D eigenvalue weighted by Gasteiger charge is 2.05. The second-order valence-electron chi connectivity index (χ2n) is 3.50. The molecule has 2 N–H and O–H groups in total. The molecule has 1 aromatic heterocycles. The predicted molar refractivity (Wildman–Crippen MR) is 64.2 cm³/mol. The second-order valence-corrected chi connectivity index (χ2v) is 3.50.